The summed E-state index contributed by atoms with van der Waals surface area (Å²) in [5.74, 6) is -0.226. The van der Waals surface area contributed by atoms with Gasteiger partial charge in [-0.2, -0.15) is 0 Å². The zero-order chi connectivity index (χ0) is 21.6. The summed E-state index contributed by atoms with van der Waals surface area (Å²) >= 11 is 0. The monoisotopic (exact) mass is 416 g/mol. The van der Waals surface area contributed by atoms with Gasteiger partial charge in [0, 0.05) is 32.0 Å². The number of hydrogen-bond acceptors (Lipinski definition) is 3. The van der Waals surface area contributed by atoms with E-state index in [1.807, 2.05) is 35.0 Å². The van der Waals surface area contributed by atoms with E-state index in [4.69, 9.17) is 0 Å². The van der Waals surface area contributed by atoms with Crippen LogP contribution in [0.25, 0.3) is 5.69 Å². The number of piperidine rings is 1. The van der Waals surface area contributed by atoms with Crippen LogP contribution in [0.1, 0.15) is 41.4 Å². The molecule has 1 N–H and O–H groups in total. The van der Waals surface area contributed by atoms with Crippen LogP contribution in [0.15, 0.2) is 67.1 Å². The molecule has 0 aliphatic carbocycles. The molecule has 1 aliphatic heterocycles. The van der Waals surface area contributed by atoms with Gasteiger partial charge in [0.25, 0.3) is 5.91 Å². The molecule has 1 atom stereocenters. The average Bonchev–Trinajstić information content (AvgIpc) is 3.33. The van der Waals surface area contributed by atoms with Crippen LogP contribution >= 0.6 is 0 Å². The Morgan fingerprint density at radius 3 is 2.65 bits per heavy atom. The lowest BCUT2D eigenvalue weighted by Crippen LogP contribution is -2.45. The van der Waals surface area contributed by atoms with E-state index in [1.165, 1.54) is 5.56 Å². The van der Waals surface area contributed by atoms with Crippen LogP contribution in [-0.2, 0) is 17.8 Å². The minimum Gasteiger partial charge on any atom is -0.352 e. The Kier molecular flexibility index (Phi) is 6.46. The van der Waals surface area contributed by atoms with Gasteiger partial charge in [0.1, 0.15) is 5.69 Å². The number of likely N-dealkylation sites (tertiary alicyclic amines) is 1. The minimum atomic E-state index is -0.186. The molecule has 1 aliphatic rings. The van der Waals surface area contributed by atoms with E-state index in [2.05, 4.69) is 41.5 Å². The van der Waals surface area contributed by atoms with Gasteiger partial charge in [-0.25, -0.2) is 0 Å². The van der Waals surface area contributed by atoms with Gasteiger partial charge in [-0.1, -0.05) is 31.2 Å². The van der Waals surface area contributed by atoms with Gasteiger partial charge in [-0.05, 0) is 54.7 Å². The first-order valence-corrected chi connectivity index (χ1v) is 10.9. The normalized spacial score (nSPS) is 16.2. The predicted octanol–water partition coefficient (Wildman–Crippen LogP) is 3.60. The summed E-state index contributed by atoms with van der Waals surface area (Å²) in [6.45, 7) is 3.74. The van der Waals surface area contributed by atoms with Crippen LogP contribution in [0.3, 0.4) is 0 Å². The van der Waals surface area contributed by atoms with Crippen molar-refractivity contribution in [3.05, 3.63) is 83.9 Å². The summed E-state index contributed by atoms with van der Waals surface area (Å²) in [4.78, 5) is 31.9. The first-order chi connectivity index (χ1) is 15.2. The van der Waals surface area contributed by atoms with Crippen molar-refractivity contribution in [1.82, 2.24) is 19.8 Å². The van der Waals surface area contributed by atoms with Gasteiger partial charge < -0.3 is 14.8 Å². The molecular weight excluding hydrogens is 388 g/mol. The molecule has 160 valence electrons. The molecule has 3 aromatic rings. The number of carbonyl (C=O) groups excluding carboxylic acids is 2. The number of amides is 2. The number of aromatic nitrogens is 2. The molecule has 0 radical (unpaired) electrons. The maximum Gasteiger partial charge on any atom is 0.270 e. The highest BCUT2D eigenvalue weighted by atomic mass is 16.2. The van der Waals surface area contributed by atoms with Crippen molar-refractivity contribution < 1.29 is 9.59 Å². The highest BCUT2D eigenvalue weighted by Gasteiger charge is 2.30. The molecule has 6 nitrogen and oxygen atoms in total. The Balaban J connectivity index is 1.38. The Labute approximate surface area is 182 Å². The van der Waals surface area contributed by atoms with Crippen molar-refractivity contribution in [1.29, 1.82) is 0 Å². The maximum absolute atomic E-state index is 13.2. The highest BCUT2D eigenvalue weighted by Crippen LogP contribution is 2.21. The molecule has 6 heteroatoms. The molecule has 1 saturated heterocycles. The van der Waals surface area contributed by atoms with Crippen LogP contribution < -0.4 is 5.32 Å². The van der Waals surface area contributed by atoms with E-state index in [0.29, 0.717) is 25.3 Å². The second kappa shape index (κ2) is 9.60. The second-order valence-corrected chi connectivity index (χ2v) is 7.95. The molecule has 0 unspecified atom stereocenters. The van der Waals surface area contributed by atoms with Gasteiger partial charge in [-0.3, -0.25) is 14.6 Å². The lowest BCUT2D eigenvalue weighted by molar-refractivity contribution is -0.126. The summed E-state index contributed by atoms with van der Waals surface area (Å²) in [5, 5.41) is 3.05. The van der Waals surface area contributed by atoms with Gasteiger partial charge >= 0.3 is 0 Å². The van der Waals surface area contributed by atoms with Crippen molar-refractivity contribution in [2.75, 3.05) is 13.1 Å². The number of hydrogen-bond donors (Lipinski definition) is 1. The van der Waals surface area contributed by atoms with Gasteiger partial charge in [-0.15, -0.1) is 0 Å². The van der Waals surface area contributed by atoms with Crippen LogP contribution in [-0.4, -0.2) is 39.4 Å². The molecule has 1 fully saturated rings. The molecule has 0 spiro atoms. The number of aryl methyl sites for hydroxylation is 1. The predicted molar refractivity (Wildman–Crippen MR) is 120 cm³/mol. The smallest absolute Gasteiger partial charge is 0.270 e. The third-order valence-electron chi connectivity index (χ3n) is 5.87. The van der Waals surface area contributed by atoms with Crippen LogP contribution in [0, 0.1) is 5.92 Å². The van der Waals surface area contributed by atoms with E-state index < -0.39 is 0 Å². The lowest BCUT2D eigenvalue weighted by Gasteiger charge is -2.32. The molecule has 4 rings (SSSR count). The zero-order valence-corrected chi connectivity index (χ0v) is 17.8. The number of benzene rings is 1. The van der Waals surface area contributed by atoms with Crippen molar-refractivity contribution in [3.8, 4) is 5.69 Å². The largest absolute Gasteiger partial charge is 0.352 e. The van der Waals surface area contributed by atoms with E-state index in [1.54, 1.807) is 17.3 Å². The number of nitrogens with one attached hydrogen (secondary N) is 1. The fourth-order valence-electron chi connectivity index (χ4n) is 4.04. The Morgan fingerprint density at radius 1 is 1.10 bits per heavy atom. The van der Waals surface area contributed by atoms with E-state index in [0.717, 1.165) is 30.5 Å². The fourth-order valence-corrected chi connectivity index (χ4v) is 4.04. The van der Waals surface area contributed by atoms with Gasteiger partial charge in [0.15, 0.2) is 0 Å². The molecule has 0 bridgehead atoms. The van der Waals surface area contributed by atoms with Crippen LogP contribution in [0.4, 0.5) is 0 Å². The summed E-state index contributed by atoms with van der Waals surface area (Å²) in [7, 11) is 0. The summed E-state index contributed by atoms with van der Waals surface area (Å²) in [6, 6.07) is 15.8. The van der Waals surface area contributed by atoms with Gasteiger partial charge in [0.05, 0.1) is 17.8 Å². The number of carbonyl (C=O) groups is 2. The van der Waals surface area contributed by atoms with E-state index >= 15 is 0 Å². The third kappa shape index (κ3) is 4.85. The summed E-state index contributed by atoms with van der Waals surface area (Å²) in [6.07, 6.45) is 7.93. The molecule has 3 heterocycles. The highest BCUT2D eigenvalue weighted by molar-refractivity contribution is 5.94. The third-order valence-corrected chi connectivity index (χ3v) is 5.87. The molecule has 31 heavy (non-hydrogen) atoms. The van der Waals surface area contributed by atoms with E-state index in [-0.39, 0.29) is 17.7 Å². The topological polar surface area (TPSA) is 67.2 Å². The molecule has 2 amide bonds. The number of rotatable bonds is 6. The van der Waals surface area contributed by atoms with Crippen molar-refractivity contribution in [3.63, 3.8) is 0 Å². The standard InChI is InChI=1S/C25H28N4O2/c1-2-19-9-11-20(12-10-19)16-27-24(30)21-6-4-14-28(18-21)25(31)23-8-5-15-29(23)22-7-3-13-26-17-22/h3,5,7-13,15,17,21H,2,4,6,14,16,18H2,1H3,(H,27,30)/t21-/m1/s1. The Morgan fingerprint density at radius 2 is 1.90 bits per heavy atom. The Hall–Kier alpha value is -3.41. The summed E-state index contributed by atoms with van der Waals surface area (Å²) < 4.78 is 1.85. The van der Waals surface area contributed by atoms with Crippen molar-refractivity contribution in [2.45, 2.75) is 32.7 Å². The van der Waals surface area contributed by atoms with Crippen molar-refractivity contribution in [2.24, 2.45) is 5.92 Å². The molecule has 0 saturated carbocycles. The Bertz CT molecular complexity index is 1030. The van der Waals surface area contributed by atoms with Crippen molar-refractivity contribution >= 4 is 11.8 Å². The first-order valence-electron chi connectivity index (χ1n) is 10.9. The quantitative estimate of drug-likeness (QED) is 0.668. The number of pyridine rings is 1. The van der Waals surface area contributed by atoms with E-state index in [9.17, 15) is 9.59 Å². The maximum atomic E-state index is 13.2. The summed E-state index contributed by atoms with van der Waals surface area (Å²) in [5.41, 5.74) is 3.80. The number of nitrogens with zero attached hydrogens (tertiary/aromatic N) is 3. The van der Waals surface area contributed by atoms with Crippen LogP contribution in [0.2, 0.25) is 0 Å². The minimum absolute atomic E-state index is 0.0136. The average molecular weight is 417 g/mol. The molecule has 1 aromatic carbocycles. The fraction of sp³-hybridized carbons (Fsp3) is 0.320. The first kappa shape index (κ1) is 20.8. The molecular formula is C25H28N4O2. The van der Waals surface area contributed by atoms with Gasteiger partial charge in [0.2, 0.25) is 5.91 Å². The lowest BCUT2D eigenvalue weighted by atomic mass is 9.96. The zero-order valence-electron chi connectivity index (χ0n) is 17.8. The molecule has 2 aromatic heterocycles. The SMILES string of the molecule is CCc1ccc(CNC(=O)[C@@H]2CCCN(C(=O)c3cccn3-c3cccnc3)C2)cc1. The second-order valence-electron chi connectivity index (χ2n) is 7.95. The van der Waals surface area contributed by atoms with Crippen LogP contribution in [0.5, 0.6) is 0 Å².